The second-order valence-electron chi connectivity index (χ2n) is 6.61. The maximum absolute atomic E-state index is 12.3. The molecule has 0 N–H and O–H groups in total. The van der Waals surface area contributed by atoms with Crippen molar-refractivity contribution in [2.75, 3.05) is 13.2 Å². The Morgan fingerprint density at radius 1 is 1.45 bits per heavy atom. The lowest BCUT2D eigenvalue weighted by Gasteiger charge is -2.36. The fraction of sp³-hybridized carbons (Fsp3) is 0.750. The molecule has 0 unspecified atom stereocenters. The predicted octanol–water partition coefficient (Wildman–Crippen LogP) is 4.09. The first-order valence-electron chi connectivity index (χ1n) is 7.97. The molecular formula is C16H26N2O3S. The summed E-state index contributed by atoms with van der Waals surface area (Å²) in [6, 6.07) is 0.267. The highest BCUT2D eigenvalue weighted by atomic mass is 32.1. The van der Waals surface area contributed by atoms with Crippen molar-refractivity contribution in [1.29, 1.82) is 0 Å². The number of nitrogens with zero attached hydrogens (tertiary/aromatic N) is 2. The standard InChI is InChI=1S/C16H26N2O3S/c1-16(2,3)21-15(19)18-10-5-4-7-13(18)8-6-11-20-14-17-9-12-22-14/h9,12-13H,4-8,10-11H2,1-3H3/t13-/m1/s1. The van der Waals surface area contributed by atoms with Crippen LogP contribution in [0.15, 0.2) is 11.6 Å². The molecule has 1 fully saturated rings. The minimum Gasteiger partial charge on any atom is -0.470 e. The van der Waals surface area contributed by atoms with Crippen LogP contribution >= 0.6 is 11.3 Å². The van der Waals surface area contributed by atoms with Crippen LogP contribution in [0.3, 0.4) is 0 Å². The number of carbonyl (C=O) groups is 1. The van der Waals surface area contributed by atoms with E-state index in [9.17, 15) is 4.79 Å². The van der Waals surface area contributed by atoms with E-state index in [0.29, 0.717) is 11.8 Å². The van der Waals surface area contributed by atoms with Crippen LogP contribution in [0.1, 0.15) is 52.9 Å². The molecule has 1 atom stereocenters. The molecule has 1 aromatic rings. The molecule has 0 radical (unpaired) electrons. The zero-order valence-corrected chi connectivity index (χ0v) is 14.5. The van der Waals surface area contributed by atoms with Crippen molar-refractivity contribution in [1.82, 2.24) is 9.88 Å². The van der Waals surface area contributed by atoms with Crippen molar-refractivity contribution < 1.29 is 14.3 Å². The topological polar surface area (TPSA) is 51.7 Å². The average Bonchev–Trinajstić information content (AvgIpc) is 2.95. The van der Waals surface area contributed by atoms with Gasteiger partial charge < -0.3 is 14.4 Å². The van der Waals surface area contributed by atoms with Crippen molar-refractivity contribution in [3.05, 3.63) is 11.6 Å². The van der Waals surface area contributed by atoms with Gasteiger partial charge in [-0.2, -0.15) is 0 Å². The molecule has 0 aromatic carbocycles. The van der Waals surface area contributed by atoms with Crippen molar-refractivity contribution in [2.45, 2.75) is 64.5 Å². The molecule has 1 saturated heterocycles. The van der Waals surface area contributed by atoms with Crippen molar-refractivity contribution in [2.24, 2.45) is 0 Å². The van der Waals surface area contributed by atoms with Gasteiger partial charge in [-0.1, -0.05) is 11.3 Å². The smallest absolute Gasteiger partial charge is 0.410 e. The molecule has 6 heteroatoms. The van der Waals surface area contributed by atoms with E-state index in [4.69, 9.17) is 9.47 Å². The molecule has 124 valence electrons. The van der Waals surface area contributed by atoms with E-state index in [1.807, 2.05) is 31.1 Å². The van der Waals surface area contributed by atoms with Gasteiger partial charge in [0.1, 0.15) is 5.60 Å². The summed E-state index contributed by atoms with van der Waals surface area (Å²) in [5, 5.41) is 2.62. The van der Waals surface area contributed by atoms with Gasteiger partial charge >= 0.3 is 6.09 Å². The van der Waals surface area contributed by atoms with Crippen LogP contribution < -0.4 is 4.74 Å². The number of aromatic nitrogens is 1. The van der Waals surface area contributed by atoms with Crippen LogP contribution in [0.25, 0.3) is 0 Å². The highest BCUT2D eigenvalue weighted by Crippen LogP contribution is 2.23. The summed E-state index contributed by atoms with van der Waals surface area (Å²) in [6.45, 7) is 7.17. The monoisotopic (exact) mass is 326 g/mol. The largest absolute Gasteiger partial charge is 0.470 e. The first-order chi connectivity index (χ1) is 10.5. The van der Waals surface area contributed by atoms with Gasteiger partial charge in [-0.15, -0.1) is 0 Å². The van der Waals surface area contributed by atoms with E-state index in [1.165, 1.54) is 17.8 Å². The van der Waals surface area contributed by atoms with Crippen molar-refractivity contribution >= 4 is 17.4 Å². The number of piperidine rings is 1. The Hall–Kier alpha value is -1.30. The molecule has 1 aliphatic rings. The summed E-state index contributed by atoms with van der Waals surface area (Å²) in [7, 11) is 0. The molecule has 0 saturated carbocycles. The maximum Gasteiger partial charge on any atom is 0.410 e. The highest BCUT2D eigenvalue weighted by Gasteiger charge is 2.30. The van der Waals surface area contributed by atoms with Crippen LogP contribution in [-0.2, 0) is 4.74 Å². The van der Waals surface area contributed by atoms with E-state index < -0.39 is 5.60 Å². The Bertz CT molecular complexity index is 456. The van der Waals surface area contributed by atoms with Gasteiger partial charge in [0.25, 0.3) is 5.19 Å². The van der Waals surface area contributed by atoms with Crippen LogP contribution in [-0.4, -0.2) is 40.8 Å². The van der Waals surface area contributed by atoms with Gasteiger partial charge in [-0.05, 0) is 52.9 Å². The van der Waals surface area contributed by atoms with Gasteiger partial charge in [0.2, 0.25) is 0 Å². The normalized spacial score (nSPS) is 19.0. The number of carbonyl (C=O) groups excluding carboxylic acids is 1. The van der Waals surface area contributed by atoms with Crippen LogP contribution in [0.5, 0.6) is 5.19 Å². The summed E-state index contributed by atoms with van der Waals surface area (Å²) in [5.74, 6) is 0. The Kier molecular flexibility index (Phi) is 6.06. The summed E-state index contributed by atoms with van der Waals surface area (Å²) in [6.07, 6.45) is 6.72. The number of hydrogen-bond donors (Lipinski definition) is 0. The molecule has 1 aromatic heterocycles. The summed E-state index contributed by atoms with van der Waals surface area (Å²) in [4.78, 5) is 18.3. The Balaban J connectivity index is 1.77. The van der Waals surface area contributed by atoms with Gasteiger partial charge in [0.15, 0.2) is 0 Å². The van der Waals surface area contributed by atoms with Crippen LogP contribution in [0.2, 0.25) is 0 Å². The maximum atomic E-state index is 12.3. The van der Waals surface area contributed by atoms with Gasteiger partial charge in [-0.25, -0.2) is 9.78 Å². The number of ether oxygens (including phenoxy) is 2. The first kappa shape index (κ1) is 17.1. The number of rotatable bonds is 5. The van der Waals surface area contributed by atoms with E-state index in [-0.39, 0.29) is 12.1 Å². The van der Waals surface area contributed by atoms with E-state index in [1.54, 1.807) is 6.20 Å². The lowest BCUT2D eigenvalue weighted by atomic mass is 9.98. The van der Waals surface area contributed by atoms with Gasteiger partial charge in [0, 0.05) is 24.2 Å². The quantitative estimate of drug-likeness (QED) is 0.765. The molecule has 0 spiro atoms. The third-order valence-electron chi connectivity index (χ3n) is 3.57. The number of likely N-dealkylation sites (tertiary alicyclic amines) is 1. The summed E-state index contributed by atoms with van der Waals surface area (Å²) in [5.41, 5.74) is -0.437. The zero-order valence-electron chi connectivity index (χ0n) is 13.7. The van der Waals surface area contributed by atoms with E-state index in [2.05, 4.69) is 4.98 Å². The molecular weight excluding hydrogens is 300 g/mol. The second-order valence-corrected chi connectivity index (χ2v) is 7.47. The molecule has 5 nitrogen and oxygen atoms in total. The molecule has 0 aliphatic carbocycles. The predicted molar refractivity (Wildman–Crippen MR) is 87.4 cm³/mol. The molecule has 2 rings (SSSR count). The molecule has 1 amide bonds. The first-order valence-corrected chi connectivity index (χ1v) is 8.85. The average molecular weight is 326 g/mol. The number of amides is 1. The Morgan fingerprint density at radius 2 is 2.27 bits per heavy atom. The SMILES string of the molecule is CC(C)(C)OC(=O)N1CCCC[C@@H]1CCCOc1nccs1. The van der Waals surface area contributed by atoms with Crippen LogP contribution in [0.4, 0.5) is 4.79 Å². The fourth-order valence-corrected chi connectivity index (χ4v) is 3.13. The second kappa shape index (κ2) is 7.81. The number of thiazole rings is 1. The highest BCUT2D eigenvalue weighted by molar-refractivity contribution is 7.11. The third kappa shape index (κ3) is 5.48. The molecule has 2 heterocycles. The minimum atomic E-state index is -0.437. The fourth-order valence-electron chi connectivity index (χ4n) is 2.62. The third-order valence-corrected chi connectivity index (χ3v) is 4.25. The number of hydrogen-bond acceptors (Lipinski definition) is 5. The lowest BCUT2D eigenvalue weighted by Crippen LogP contribution is -2.46. The molecule has 1 aliphatic heterocycles. The molecule has 22 heavy (non-hydrogen) atoms. The lowest BCUT2D eigenvalue weighted by molar-refractivity contribution is 0.00824. The van der Waals surface area contributed by atoms with Gasteiger partial charge in [0.05, 0.1) is 6.61 Å². The van der Waals surface area contributed by atoms with Crippen molar-refractivity contribution in [3.63, 3.8) is 0 Å². The zero-order chi connectivity index (χ0) is 16.0. The van der Waals surface area contributed by atoms with Gasteiger partial charge in [-0.3, -0.25) is 0 Å². The van der Waals surface area contributed by atoms with E-state index in [0.717, 1.165) is 32.2 Å². The minimum absolute atomic E-state index is 0.182. The van der Waals surface area contributed by atoms with Crippen LogP contribution in [0, 0.1) is 0 Å². The summed E-state index contributed by atoms with van der Waals surface area (Å²) >= 11 is 1.50. The summed E-state index contributed by atoms with van der Waals surface area (Å²) < 4.78 is 11.1. The Labute approximate surface area is 136 Å². The Morgan fingerprint density at radius 3 is 2.95 bits per heavy atom. The van der Waals surface area contributed by atoms with E-state index >= 15 is 0 Å². The molecule has 0 bridgehead atoms. The van der Waals surface area contributed by atoms with Crippen molar-refractivity contribution in [3.8, 4) is 5.19 Å².